The first-order chi connectivity index (χ1) is 7.13. The molecule has 0 spiro atoms. The molecule has 0 aliphatic rings. The van der Waals surface area contributed by atoms with E-state index in [0.717, 1.165) is 11.1 Å². The number of ether oxygens (including phenoxy) is 3. The molecule has 0 fully saturated rings. The fraction of sp³-hybridized carbons (Fsp3) is 0.455. The van der Waals surface area contributed by atoms with Gasteiger partial charge in [0, 0.05) is 19.8 Å². The van der Waals surface area contributed by atoms with Gasteiger partial charge < -0.3 is 19.3 Å². The molecular weight excluding hydrogens is 196 g/mol. The number of hydrogen-bond donors (Lipinski definition) is 1. The molecule has 0 unspecified atom stereocenters. The predicted molar refractivity (Wildman–Crippen MR) is 56.2 cm³/mol. The Bertz CT molecular complexity index is 332. The number of hydrogen-bond acceptors (Lipinski definition) is 4. The molecule has 1 aromatic rings. The fourth-order valence-corrected chi connectivity index (χ4v) is 1.43. The number of aryl methyl sites for hydroxylation is 1. The van der Waals surface area contributed by atoms with Crippen LogP contribution in [-0.4, -0.2) is 26.4 Å². The molecule has 1 rings (SSSR count). The molecule has 0 aromatic heterocycles. The average Bonchev–Trinajstić information content (AvgIpc) is 2.24. The maximum atomic E-state index is 9.64. The molecule has 0 bridgehead atoms. The molecule has 0 aliphatic heterocycles. The summed E-state index contributed by atoms with van der Waals surface area (Å²) in [6, 6.07) is 3.50. The topological polar surface area (TPSA) is 47.9 Å². The highest BCUT2D eigenvalue weighted by Crippen LogP contribution is 2.33. The van der Waals surface area contributed by atoms with Gasteiger partial charge >= 0.3 is 0 Å². The van der Waals surface area contributed by atoms with Gasteiger partial charge in [0.25, 0.3) is 0 Å². The molecule has 0 saturated heterocycles. The third-order valence-electron chi connectivity index (χ3n) is 2.21. The summed E-state index contributed by atoms with van der Waals surface area (Å²) in [5.74, 6) is 0.566. The Kier molecular flexibility index (Phi) is 3.94. The smallest absolute Gasteiger partial charge is 0.183 e. The summed E-state index contributed by atoms with van der Waals surface area (Å²) in [5, 5.41) is 9.64. The van der Waals surface area contributed by atoms with Gasteiger partial charge in [-0.3, -0.25) is 0 Å². The Balaban J connectivity index is 3.15. The molecule has 0 aliphatic carbocycles. The van der Waals surface area contributed by atoms with Crippen molar-refractivity contribution in [3.8, 4) is 11.5 Å². The molecule has 84 valence electrons. The number of phenolic OH excluding ortho intramolecular Hbond substituents is 1. The number of phenols is 1. The maximum absolute atomic E-state index is 9.64. The lowest BCUT2D eigenvalue weighted by Crippen LogP contribution is -2.04. The minimum atomic E-state index is -0.446. The van der Waals surface area contributed by atoms with Gasteiger partial charge in [-0.05, 0) is 24.6 Å². The van der Waals surface area contributed by atoms with Crippen molar-refractivity contribution >= 4 is 0 Å². The van der Waals surface area contributed by atoms with Crippen LogP contribution in [0.4, 0.5) is 0 Å². The van der Waals surface area contributed by atoms with Gasteiger partial charge in [-0.25, -0.2) is 0 Å². The van der Waals surface area contributed by atoms with Gasteiger partial charge in [-0.1, -0.05) is 0 Å². The lowest BCUT2D eigenvalue weighted by molar-refractivity contribution is -0.106. The summed E-state index contributed by atoms with van der Waals surface area (Å²) in [5.41, 5.74) is 1.54. The van der Waals surface area contributed by atoms with E-state index in [9.17, 15) is 5.11 Å². The third kappa shape index (κ3) is 2.40. The van der Waals surface area contributed by atoms with Gasteiger partial charge in [-0.2, -0.15) is 0 Å². The van der Waals surface area contributed by atoms with Gasteiger partial charge in [0.1, 0.15) is 0 Å². The van der Waals surface area contributed by atoms with Crippen LogP contribution in [0.3, 0.4) is 0 Å². The predicted octanol–water partition coefficient (Wildman–Crippen LogP) is 2.00. The van der Waals surface area contributed by atoms with E-state index in [0.29, 0.717) is 5.75 Å². The fourth-order valence-electron chi connectivity index (χ4n) is 1.43. The largest absolute Gasteiger partial charge is 0.504 e. The summed E-state index contributed by atoms with van der Waals surface area (Å²) >= 11 is 0. The molecular formula is C11H16O4. The summed E-state index contributed by atoms with van der Waals surface area (Å²) in [6.07, 6.45) is -0.446. The molecule has 0 amide bonds. The summed E-state index contributed by atoms with van der Waals surface area (Å²) in [4.78, 5) is 0. The van der Waals surface area contributed by atoms with Crippen molar-refractivity contribution in [3.63, 3.8) is 0 Å². The van der Waals surface area contributed by atoms with Gasteiger partial charge in [0.05, 0.1) is 7.11 Å². The molecule has 4 nitrogen and oxygen atoms in total. The lowest BCUT2D eigenvalue weighted by Gasteiger charge is -2.16. The van der Waals surface area contributed by atoms with Gasteiger partial charge in [0.2, 0.25) is 0 Å². The van der Waals surface area contributed by atoms with Crippen LogP contribution in [0.25, 0.3) is 0 Å². The Morgan fingerprint density at radius 3 is 2.20 bits per heavy atom. The number of aromatic hydroxyl groups is 1. The van der Waals surface area contributed by atoms with Crippen LogP contribution in [-0.2, 0) is 9.47 Å². The minimum absolute atomic E-state index is 0.146. The standard InChI is InChI=1S/C11H16O4/c1-7-5-8(11(14-3)15-4)6-9(13-2)10(7)12/h5-6,11-12H,1-4H3. The normalized spacial score (nSPS) is 10.7. The number of benzene rings is 1. The van der Waals surface area contributed by atoms with Crippen molar-refractivity contribution in [1.82, 2.24) is 0 Å². The zero-order valence-corrected chi connectivity index (χ0v) is 9.40. The second-order valence-corrected chi connectivity index (χ2v) is 3.19. The van der Waals surface area contributed by atoms with Crippen molar-refractivity contribution < 1.29 is 19.3 Å². The number of rotatable bonds is 4. The van der Waals surface area contributed by atoms with E-state index in [4.69, 9.17) is 14.2 Å². The zero-order chi connectivity index (χ0) is 11.4. The van der Waals surface area contributed by atoms with E-state index in [2.05, 4.69) is 0 Å². The van der Waals surface area contributed by atoms with Crippen LogP contribution < -0.4 is 4.74 Å². The first kappa shape index (κ1) is 11.8. The molecule has 1 N–H and O–H groups in total. The summed E-state index contributed by atoms with van der Waals surface area (Å²) in [7, 11) is 4.62. The third-order valence-corrected chi connectivity index (χ3v) is 2.21. The van der Waals surface area contributed by atoms with Crippen molar-refractivity contribution in [2.24, 2.45) is 0 Å². The van der Waals surface area contributed by atoms with E-state index in [-0.39, 0.29) is 5.75 Å². The Morgan fingerprint density at radius 2 is 1.73 bits per heavy atom. The van der Waals surface area contributed by atoms with Crippen molar-refractivity contribution in [3.05, 3.63) is 23.3 Å². The van der Waals surface area contributed by atoms with Gasteiger partial charge in [-0.15, -0.1) is 0 Å². The van der Waals surface area contributed by atoms with E-state index >= 15 is 0 Å². The SMILES string of the molecule is COc1cc(C(OC)OC)cc(C)c1O. The van der Waals surface area contributed by atoms with Crippen LogP contribution in [0, 0.1) is 6.92 Å². The van der Waals surface area contributed by atoms with Crippen molar-refractivity contribution in [2.75, 3.05) is 21.3 Å². The van der Waals surface area contributed by atoms with Crippen LogP contribution >= 0.6 is 0 Å². The highest BCUT2D eigenvalue weighted by molar-refractivity contribution is 5.48. The van der Waals surface area contributed by atoms with Gasteiger partial charge in [0.15, 0.2) is 17.8 Å². The highest BCUT2D eigenvalue weighted by atomic mass is 16.7. The van der Waals surface area contributed by atoms with Crippen LogP contribution in [0.5, 0.6) is 11.5 Å². The van der Waals surface area contributed by atoms with Crippen molar-refractivity contribution in [2.45, 2.75) is 13.2 Å². The second-order valence-electron chi connectivity index (χ2n) is 3.19. The molecule has 4 heteroatoms. The Hall–Kier alpha value is -1.26. The first-order valence-corrected chi connectivity index (χ1v) is 4.57. The van der Waals surface area contributed by atoms with Crippen molar-refractivity contribution in [1.29, 1.82) is 0 Å². The Labute approximate surface area is 89.4 Å². The monoisotopic (exact) mass is 212 g/mol. The second kappa shape index (κ2) is 5.00. The van der Waals surface area contributed by atoms with Crippen LogP contribution in [0.2, 0.25) is 0 Å². The summed E-state index contributed by atoms with van der Waals surface area (Å²) in [6.45, 7) is 1.80. The van der Waals surface area contributed by atoms with Crippen LogP contribution in [0.1, 0.15) is 17.4 Å². The summed E-state index contributed by atoms with van der Waals surface area (Å²) < 4.78 is 15.3. The zero-order valence-electron chi connectivity index (χ0n) is 9.40. The molecule has 1 aromatic carbocycles. The molecule has 0 saturated carbocycles. The van der Waals surface area contributed by atoms with Crippen LogP contribution in [0.15, 0.2) is 12.1 Å². The first-order valence-electron chi connectivity index (χ1n) is 4.57. The van der Waals surface area contributed by atoms with E-state index in [1.54, 1.807) is 33.3 Å². The van der Waals surface area contributed by atoms with E-state index < -0.39 is 6.29 Å². The molecule has 0 radical (unpaired) electrons. The maximum Gasteiger partial charge on any atom is 0.183 e. The minimum Gasteiger partial charge on any atom is -0.504 e. The molecule has 0 atom stereocenters. The van der Waals surface area contributed by atoms with E-state index in [1.165, 1.54) is 7.11 Å². The lowest BCUT2D eigenvalue weighted by atomic mass is 10.1. The number of methoxy groups -OCH3 is 3. The molecule has 15 heavy (non-hydrogen) atoms. The molecule has 0 heterocycles. The highest BCUT2D eigenvalue weighted by Gasteiger charge is 2.14. The quantitative estimate of drug-likeness (QED) is 0.775. The average molecular weight is 212 g/mol. The van der Waals surface area contributed by atoms with E-state index in [1.807, 2.05) is 0 Å². The Morgan fingerprint density at radius 1 is 1.13 bits per heavy atom.